The van der Waals surface area contributed by atoms with Crippen LogP contribution in [0.4, 0.5) is 8.78 Å². The van der Waals surface area contributed by atoms with Gasteiger partial charge in [-0.3, -0.25) is 4.79 Å². The molecule has 0 bridgehead atoms. The Morgan fingerprint density at radius 1 is 1.45 bits per heavy atom. The summed E-state index contributed by atoms with van der Waals surface area (Å²) in [5, 5.41) is 6.22. The molecule has 1 amide bonds. The Hall–Kier alpha value is -1.49. The van der Waals surface area contributed by atoms with Crippen LogP contribution in [0.5, 0.6) is 0 Å². The van der Waals surface area contributed by atoms with Crippen molar-refractivity contribution in [1.29, 1.82) is 0 Å². The Labute approximate surface area is 117 Å². The second-order valence-electron chi connectivity index (χ2n) is 5.96. The fourth-order valence-corrected chi connectivity index (χ4v) is 2.54. The molecule has 2 rings (SSSR count). The molecule has 110 valence electrons. The van der Waals surface area contributed by atoms with Gasteiger partial charge in [0.2, 0.25) is 5.91 Å². The zero-order valence-electron chi connectivity index (χ0n) is 11.8. The molecular weight excluding hydrogens is 262 g/mol. The van der Waals surface area contributed by atoms with Crippen molar-refractivity contribution in [3.05, 3.63) is 35.4 Å². The minimum Gasteiger partial charge on any atom is -0.352 e. The number of halogens is 2. The molecule has 0 spiro atoms. The first-order chi connectivity index (χ1) is 9.40. The van der Waals surface area contributed by atoms with E-state index in [4.69, 9.17) is 0 Å². The molecule has 20 heavy (non-hydrogen) atoms. The average Bonchev–Trinajstić information content (AvgIpc) is 2.37. The van der Waals surface area contributed by atoms with E-state index in [1.54, 1.807) is 0 Å². The van der Waals surface area contributed by atoms with Crippen LogP contribution < -0.4 is 10.6 Å². The highest BCUT2D eigenvalue weighted by Gasteiger charge is 2.33. The van der Waals surface area contributed by atoms with Crippen LogP contribution >= 0.6 is 0 Å². The number of amides is 1. The largest absolute Gasteiger partial charge is 0.352 e. The summed E-state index contributed by atoms with van der Waals surface area (Å²) in [5.41, 5.74) is 0.0447. The molecule has 0 aromatic heterocycles. The first-order valence-electron chi connectivity index (χ1n) is 6.83. The maximum absolute atomic E-state index is 13.5. The van der Waals surface area contributed by atoms with Crippen molar-refractivity contribution >= 4 is 5.91 Å². The lowest BCUT2D eigenvalue weighted by molar-refractivity contribution is -0.122. The van der Waals surface area contributed by atoms with Crippen molar-refractivity contribution in [2.75, 3.05) is 13.1 Å². The fourth-order valence-electron chi connectivity index (χ4n) is 2.54. The third kappa shape index (κ3) is 3.33. The van der Waals surface area contributed by atoms with E-state index in [0.717, 1.165) is 25.6 Å². The molecule has 1 heterocycles. The van der Waals surface area contributed by atoms with Gasteiger partial charge in [0, 0.05) is 18.2 Å². The Kier molecular flexibility index (Phi) is 4.38. The Balaban J connectivity index is 2.00. The molecular formula is C15H20F2N2O. The Morgan fingerprint density at radius 3 is 2.90 bits per heavy atom. The first-order valence-corrected chi connectivity index (χ1v) is 6.83. The molecule has 5 heteroatoms. The second kappa shape index (κ2) is 5.87. The van der Waals surface area contributed by atoms with Crippen LogP contribution in [0, 0.1) is 17.0 Å². The monoisotopic (exact) mass is 282 g/mol. The van der Waals surface area contributed by atoms with Crippen molar-refractivity contribution in [2.45, 2.75) is 32.7 Å². The highest BCUT2D eigenvalue weighted by atomic mass is 19.2. The number of hydrogen-bond acceptors (Lipinski definition) is 2. The van der Waals surface area contributed by atoms with E-state index < -0.39 is 11.6 Å². The van der Waals surface area contributed by atoms with Crippen LogP contribution in [0.3, 0.4) is 0 Å². The van der Waals surface area contributed by atoms with E-state index in [2.05, 4.69) is 24.5 Å². The van der Waals surface area contributed by atoms with Gasteiger partial charge in [-0.05, 0) is 24.4 Å². The fraction of sp³-hybridized carbons (Fsp3) is 0.533. The molecule has 0 radical (unpaired) electrons. The van der Waals surface area contributed by atoms with Gasteiger partial charge in [-0.2, -0.15) is 0 Å². The summed E-state index contributed by atoms with van der Waals surface area (Å²) >= 11 is 0. The molecule has 1 aromatic carbocycles. The summed E-state index contributed by atoms with van der Waals surface area (Å²) < 4.78 is 26.6. The smallest absolute Gasteiger partial charge is 0.224 e. The zero-order valence-corrected chi connectivity index (χ0v) is 11.8. The maximum atomic E-state index is 13.5. The van der Waals surface area contributed by atoms with Crippen LogP contribution in [0.15, 0.2) is 18.2 Å². The molecule has 1 saturated heterocycles. The Morgan fingerprint density at radius 2 is 2.20 bits per heavy atom. The van der Waals surface area contributed by atoms with Gasteiger partial charge in [-0.15, -0.1) is 0 Å². The molecule has 1 aliphatic rings. The summed E-state index contributed by atoms with van der Waals surface area (Å²) in [6.07, 6.45) is 0.702. The van der Waals surface area contributed by atoms with Crippen LogP contribution in [0.25, 0.3) is 0 Å². The lowest BCUT2D eigenvalue weighted by Crippen LogP contribution is -2.54. The van der Waals surface area contributed by atoms with E-state index in [9.17, 15) is 13.6 Å². The third-order valence-electron chi connectivity index (χ3n) is 3.85. The van der Waals surface area contributed by atoms with Gasteiger partial charge in [0.15, 0.2) is 11.6 Å². The van der Waals surface area contributed by atoms with Crippen LogP contribution in [0.1, 0.15) is 25.8 Å². The van der Waals surface area contributed by atoms with Gasteiger partial charge in [0.25, 0.3) is 0 Å². The lowest BCUT2D eigenvalue weighted by Gasteiger charge is -2.39. The van der Waals surface area contributed by atoms with Gasteiger partial charge in [0.1, 0.15) is 0 Å². The van der Waals surface area contributed by atoms with Crippen molar-refractivity contribution < 1.29 is 13.6 Å². The third-order valence-corrected chi connectivity index (χ3v) is 3.85. The predicted octanol–water partition coefficient (Wildman–Crippen LogP) is 2.01. The summed E-state index contributed by atoms with van der Waals surface area (Å²) in [5.74, 6) is -2.13. The van der Waals surface area contributed by atoms with Crippen molar-refractivity contribution in [3.63, 3.8) is 0 Å². The zero-order chi connectivity index (χ0) is 14.8. The molecule has 0 aliphatic carbocycles. The van der Waals surface area contributed by atoms with Crippen molar-refractivity contribution in [2.24, 2.45) is 5.41 Å². The number of carbonyl (C=O) groups excluding carboxylic acids is 1. The Bertz CT molecular complexity index is 503. The van der Waals surface area contributed by atoms with E-state index in [1.165, 1.54) is 12.1 Å². The quantitative estimate of drug-likeness (QED) is 0.890. The van der Waals surface area contributed by atoms with E-state index in [-0.39, 0.29) is 29.3 Å². The minimum absolute atomic E-state index is 0.0472. The van der Waals surface area contributed by atoms with Gasteiger partial charge in [0.05, 0.1) is 6.42 Å². The van der Waals surface area contributed by atoms with E-state index in [1.807, 2.05) is 0 Å². The van der Waals surface area contributed by atoms with Crippen LogP contribution in [-0.4, -0.2) is 25.0 Å². The summed E-state index contributed by atoms with van der Waals surface area (Å²) in [6.45, 7) is 5.83. The van der Waals surface area contributed by atoms with Gasteiger partial charge in [-0.25, -0.2) is 8.78 Å². The summed E-state index contributed by atoms with van der Waals surface area (Å²) in [4.78, 5) is 12.0. The highest BCUT2D eigenvalue weighted by molar-refractivity contribution is 5.79. The molecule has 1 unspecified atom stereocenters. The van der Waals surface area contributed by atoms with E-state index in [0.29, 0.717) is 0 Å². The lowest BCUT2D eigenvalue weighted by atomic mass is 9.80. The predicted molar refractivity (Wildman–Crippen MR) is 73.3 cm³/mol. The number of rotatable bonds is 3. The van der Waals surface area contributed by atoms with E-state index >= 15 is 0 Å². The summed E-state index contributed by atoms with van der Waals surface area (Å²) in [7, 11) is 0. The standard InChI is InChI=1S/C15H20F2N2O/c1-15(2)9-18-7-6-12(15)19-13(20)8-10-4-3-5-11(16)14(10)17/h3-5,12,18H,6-9H2,1-2H3,(H,19,20). The van der Waals surface area contributed by atoms with Gasteiger partial charge >= 0.3 is 0 Å². The molecule has 1 fully saturated rings. The molecule has 1 atom stereocenters. The SMILES string of the molecule is CC1(C)CNCCC1NC(=O)Cc1cccc(F)c1F. The van der Waals surface area contributed by atoms with Crippen LogP contribution in [-0.2, 0) is 11.2 Å². The highest BCUT2D eigenvalue weighted by Crippen LogP contribution is 2.25. The molecule has 1 aliphatic heterocycles. The number of piperidine rings is 1. The molecule has 3 nitrogen and oxygen atoms in total. The molecule has 1 aromatic rings. The maximum Gasteiger partial charge on any atom is 0.224 e. The number of hydrogen-bond donors (Lipinski definition) is 2. The average molecular weight is 282 g/mol. The normalized spacial score (nSPS) is 21.5. The summed E-state index contributed by atoms with van der Waals surface area (Å²) in [6, 6.07) is 3.95. The van der Waals surface area contributed by atoms with Crippen molar-refractivity contribution in [1.82, 2.24) is 10.6 Å². The van der Waals surface area contributed by atoms with Gasteiger partial charge in [-0.1, -0.05) is 26.0 Å². The topological polar surface area (TPSA) is 41.1 Å². The van der Waals surface area contributed by atoms with Gasteiger partial charge < -0.3 is 10.6 Å². The number of nitrogens with one attached hydrogen (secondary N) is 2. The molecule has 2 N–H and O–H groups in total. The molecule has 0 saturated carbocycles. The minimum atomic E-state index is -0.938. The van der Waals surface area contributed by atoms with Crippen molar-refractivity contribution in [3.8, 4) is 0 Å². The van der Waals surface area contributed by atoms with Crippen LogP contribution in [0.2, 0.25) is 0 Å². The number of carbonyl (C=O) groups is 1. The number of benzene rings is 1. The first kappa shape index (κ1) is 14.9. The second-order valence-corrected chi connectivity index (χ2v) is 5.96.